The van der Waals surface area contributed by atoms with Crippen molar-refractivity contribution in [2.24, 2.45) is 0 Å². The summed E-state index contributed by atoms with van der Waals surface area (Å²) in [5.41, 5.74) is 7.01. The van der Waals surface area contributed by atoms with Gasteiger partial charge in [0.2, 0.25) is 0 Å². The molecule has 20 heavy (non-hydrogen) atoms. The molecule has 2 aromatic rings. The van der Waals surface area contributed by atoms with Crippen molar-refractivity contribution in [2.75, 3.05) is 10.5 Å². The number of nitrogen functional groups attached to an aromatic ring is 1. The predicted octanol–water partition coefficient (Wildman–Crippen LogP) is 3.68. The SMILES string of the molecule is Cc1ccc(Cl)cc1NS(=O)(=O)c1ccc(Cl)c(N)c1. The number of nitrogens with two attached hydrogens (primary N) is 1. The van der Waals surface area contributed by atoms with E-state index in [1.165, 1.54) is 18.2 Å². The highest BCUT2D eigenvalue weighted by Gasteiger charge is 2.16. The smallest absolute Gasteiger partial charge is 0.261 e. The van der Waals surface area contributed by atoms with Gasteiger partial charge in [-0.1, -0.05) is 29.3 Å². The van der Waals surface area contributed by atoms with Crippen LogP contribution < -0.4 is 10.5 Å². The minimum absolute atomic E-state index is 0.0405. The zero-order chi connectivity index (χ0) is 14.9. The van der Waals surface area contributed by atoms with E-state index in [1.54, 1.807) is 25.1 Å². The molecule has 106 valence electrons. The highest BCUT2D eigenvalue weighted by molar-refractivity contribution is 7.92. The number of aryl methyl sites for hydroxylation is 1. The second-order valence-corrected chi connectivity index (χ2v) is 6.77. The molecule has 0 aliphatic rings. The van der Waals surface area contributed by atoms with Gasteiger partial charge in [0.25, 0.3) is 10.0 Å². The minimum atomic E-state index is -3.74. The fourth-order valence-electron chi connectivity index (χ4n) is 1.60. The molecule has 0 unspecified atom stereocenters. The van der Waals surface area contributed by atoms with E-state index < -0.39 is 10.0 Å². The first-order valence-electron chi connectivity index (χ1n) is 5.63. The Bertz CT molecular complexity index is 761. The van der Waals surface area contributed by atoms with E-state index in [-0.39, 0.29) is 10.6 Å². The quantitative estimate of drug-likeness (QED) is 0.843. The van der Waals surface area contributed by atoms with E-state index >= 15 is 0 Å². The Labute approximate surface area is 127 Å². The average molecular weight is 331 g/mol. The summed E-state index contributed by atoms with van der Waals surface area (Å²) in [4.78, 5) is 0.0405. The number of benzene rings is 2. The lowest BCUT2D eigenvalue weighted by Crippen LogP contribution is -2.14. The molecule has 0 amide bonds. The normalized spacial score (nSPS) is 11.3. The van der Waals surface area contributed by atoms with Gasteiger partial charge in [0.1, 0.15) is 0 Å². The van der Waals surface area contributed by atoms with Gasteiger partial charge in [-0.25, -0.2) is 8.42 Å². The first kappa shape index (κ1) is 15.0. The molecular weight excluding hydrogens is 319 g/mol. The van der Waals surface area contributed by atoms with Crippen molar-refractivity contribution in [3.8, 4) is 0 Å². The highest BCUT2D eigenvalue weighted by Crippen LogP contribution is 2.26. The number of hydrogen-bond donors (Lipinski definition) is 2. The second-order valence-electron chi connectivity index (χ2n) is 4.25. The summed E-state index contributed by atoms with van der Waals surface area (Å²) < 4.78 is 27.0. The van der Waals surface area contributed by atoms with Crippen molar-refractivity contribution in [1.29, 1.82) is 0 Å². The summed E-state index contributed by atoms with van der Waals surface area (Å²) >= 11 is 11.6. The van der Waals surface area contributed by atoms with E-state index in [4.69, 9.17) is 28.9 Å². The summed E-state index contributed by atoms with van der Waals surface area (Å²) in [6.07, 6.45) is 0. The third kappa shape index (κ3) is 3.17. The molecule has 0 aromatic heterocycles. The Morgan fingerprint density at radius 2 is 1.80 bits per heavy atom. The molecule has 4 nitrogen and oxygen atoms in total. The Hall–Kier alpha value is -1.43. The van der Waals surface area contributed by atoms with Gasteiger partial charge in [-0.05, 0) is 42.8 Å². The molecule has 0 aliphatic carbocycles. The lowest BCUT2D eigenvalue weighted by molar-refractivity contribution is 0.601. The van der Waals surface area contributed by atoms with E-state index in [2.05, 4.69) is 4.72 Å². The fourth-order valence-corrected chi connectivity index (χ4v) is 3.04. The van der Waals surface area contributed by atoms with Crippen LogP contribution in [0.5, 0.6) is 0 Å². The molecule has 0 radical (unpaired) electrons. The van der Waals surface area contributed by atoms with Crippen molar-refractivity contribution in [3.63, 3.8) is 0 Å². The molecule has 2 rings (SSSR count). The van der Waals surface area contributed by atoms with E-state index in [9.17, 15) is 8.42 Å². The molecule has 0 fully saturated rings. The zero-order valence-electron chi connectivity index (χ0n) is 10.5. The number of hydrogen-bond acceptors (Lipinski definition) is 3. The van der Waals surface area contributed by atoms with Crippen molar-refractivity contribution in [3.05, 3.63) is 52.0 Å². The van der Waals surface area contributed by atoms with Crippen LogP contribution in [0.4, 0.5) is 11.4 Å². The maximum atomic E-state index is 12.3. The van der Waals surface area contributed by atoms with Crippen LogP contribution in [0.1, 0.15) is 5.56 Å². The van der Waals surface area contributed by atoms with Crippen LogP contribution in [0, 0.1) is 6.92 Å². The van der Waals surface area contributed by atoms with Crippen molar-refractivity contribution >= 4 is 44.6 Å². The van der Waals surface area contributed by atoms with Crippen molar-refractivity contribution < 1.29 is 8.42 Å². The number of nitrogens with one attached hydrogen (secondary N) is 1. The first-order chi connectivity index (χ1) is 9.29. The maximum absolute atomic E-state index is 12.3. The van der Waals surface area contributed by atoms with Crippen LogP contribution in [0.3, 0.4) is 0 Å². The monoisotopic (exact) mass is 330 g/mol. The summed E-state index contributed by atoms with van der Waals surface area (Å²) in [5, 5.41) is 0.756. The predicted molar refractivity (Wildman–Crippen MR) is 82.9 cm³/mol. The molecule has 0 heterocycles. The van der Waals surface area contributed by atoms with Gasteiger partial charge in [-0.15, -0.1) is 0 Å². The Morgan fingerprint density at radius 3 is 2.45 bits per heavy atom. The molecule has 3 N–H and O–H groups in total. The largest absolute Gasteiger partial charge is 0.397 e. The van der Waals surface area contributed by atoms with Crippen LogP contribution >= 0.6 is 23.2 Å². The molecule has 7 heteroatoms. The third-order valence-electron chi connectivity index (χ3n) is 2.72. The Kier molecular flexibility index (Phi) is 4.13. The lowest BCUT2D eigenvalue weighted by atomic mass is 10.2. The highest BCUT2D eigenvalue weighted by atomic mass is 35.5. The third-order valence-corrected chi connectivity index (χ3v) is 4.66. The van der Waals surface area contributed by atoms with E-state index in [0.29, 0.717) is 15.7 Å². The molecule has 0 saturated heterocycles. The second kappa shape index (κ2) is 5.52. The molecule has 0 bridgehead atoms. The van der Waals surface area contributed by atoms with Gasteiger partial charge >= 0.3 is 0 Å². The van der Waals surface area contributed by atoms with Crippen LogP contribution in [0.2, 0.25) is 10.0 Å². The minimum Gasteiger partial charge on any atom is -0.397 e. The van der Waals surface area contributed by atoms with Gasteiger partial charge in [0, 0.05) is 5.02 Å². The number of halogens is 2. The van der Waals surface area contributed by atoms with Crippen molar-refractivity contribution in [2.45, 2.75) is 11.8 Å². The fraction of sp³-hybridized carbons (Fsp3) is 0.0769. The summed E-state index contributed by atoms with van der Waals surface area (Å²) in [6.45, 7) is 1.78. The van der Waals surface area contributed by atoms with E-state index in [0.717, 1.165) is 5.56 Å². The number of anilines is 2. The molecule has 0 aliphatic heterocycles. The van der Waals surface area contributed by atoms with Gasteiger partial charge in [-0.2, -0.15) is 0 Å². The van der Waals surface area contributed by atoms with Gasteiger partial charge in [0.15, 0.2) is 0 Å². The van der Waals surface area contributed by atoms with Crippen LogP contribution in [0.25, 0.3) is 0 Å². The average Bonchev–Trinajstić information content (AvgIpc) is 2.36. The molecule has 2 aromatic carbocycles. The lowest BCUT2D eigenvalue weighted by Gasteiger charge is -2.11. The number of sulfonamides is 1. The van der Waals surface area contributed by atoms with Crippen molar-refractivity contribution in [1.82, 2.24) is 0 Å². The Morgan fingerprint density at radius 1 is 1.10 bits per heavy atom. The van der Waals surface area contributed by atoms with E-state index in [1.807, 2.05) is 0 Å². The van der Waals surface area contributed by atoms with Crippen LogP contribution in [-0.2, 0) is 10.0 Å². The summed E-state index contributed by atoms with van der Waals surface area (Å²) in [7, 11) is -3.74. The molecular formula is C13H12Cl2N2O2S. The Balaban J connectivity index is 2.40. The number of rotatable bonds is 3. The summed E-state index contributed by atoms with van der Waals surface area (Å²) in [5.74, 6) is 0. The first-order valence-corrected chi connectivity index (χ1v) is 7.87. The van der Waals surface area contributed by atoms with Crippen LogP contribution in [0.15, 0.2) is 41.3 Å². The van der Waals surface area contributed by atoms with Gasteiger partial charge < -0.3 is 5.73 Å². The van der Waals surface area contributed by atoms with Gasteiger partial charge in [-0.3, -0.25) is 4.72 Å². The standard InChI is InChI=1S/C13H12Cl2N2O2S/c1-8-2-3-9(14)6-13(8)17-20(18,19)10-4-5-11(15)12(16)7-10/h2-7,17H,16H2,1H3. The maximum Gasteiger partial charge on any atom is 0.261 e. The zero-order valence-corrected chi connectivity index (χ0v) is 12.9. The topological polar surface area (TPSA) is 72.2 Å². The van der Waals surface area contributed by atoms with Crippen LogP contribution in [-0.4, -0.2) is 8.42 Å². The molecule has 0 spiro atoms. The van der Waals surface area contributed by atoms with Gasteiger partial charge in [0.05, 0.1) is 21.3 Å². The molecule has 0 atom stereocenters. The summed E-state index contributed by atoms with van der Waals surface area (Å²) in [6, 6.07) is 9.11. The molecule has 0 saturated carbocycles.